The van der Waals surface area contributed by atoms with E-state index in [0.717, 1.165) is 19.3 Å². The average Bonchev–Trinajstić information content (AvgIpc) is 3.13. The first kappa shape index (κ1) is 12.9. The highest BCUT2D eigenvalue weighted by molar-refractivity contribution is 5.98. The van der Waals surface area contributed by atoms with Crippen LogP contribution in [0.5, 0.6) is 0 Å². The Balaban J connectivity index is 1.92. The Bertz CT molecular complexity index is 434. The fraction of sp³-hybridized carbons (Fsp3) is 0.857. The van der Waals surface area contributed by atoms with Gasteiger partial charge in [-0.25, -0.2) is 0 Å². The third-order valence-electron chi connectivity index (χ3n) is 5.25. The van der Waals surface area contributed by atoms with Crippen molar-refractivity contribution in [3.05, 3.63) is 0 Å². The molecule has 19 heavy (non-hydrogen) atoms. The molecule has 2 heterocycles. The van der Waals surface area contributed by atoms with Gasteiger partial charge in [-0.05, 0) is 46.0 Å². The van der Waals surface area contributed by atoms with E-state index in [-0.39, 0.29) is 30.0 Å². The summed E-state index contributed by atoms with van der Waals surface area (Å²) in [5.74, 6) is 0.316. The van der Waals surface area contributed by atoms with E-state index >= 15 is 0 Å². The van der Waals surface area contributed by atoms with E-state index in [9.17, 15) is 9.59 Å². The molecular formula is C14H22N2O3. The zero-order valence-corrected chi connectivity index (χ0v) is 11.9. The Hall–Kier alpha value is -1.10. The lowest BCUT2D eigenvalue weighted by molar-refractivity contribution is -0.158. The highest BCUT2D eigenvalue weighted by Crippen LogP contribution is 2.44. The number of nitrogens with zero attached hydrogens (tertiary/aromatic N) is 1. The molecule has 1 saturated carbocycles. The van der Waals surface area contributed by atoms with Gasteiger partial charge in [0, 0.05) is 6.61 Å². The Morgan fingerprint density at radius 3 is 2.53 bits per heavy atom. The first-order chi connectivity index (χ1) is 8.88. The lowest BCUT2D eigenvalue weighted by atomic mass is 9.85. The zero-order valence-electron chi connectivity index (χ0n) is 11.9. The quantitative estimate of drug-likeness (QED) is 0.799. The predicted molar refractivity (Wildman–Crippen MR) is 69.4 cm³/mol. The van der Waals surface area contributed by atoms with Crippen molar-refractivity contribution in [1.82, 2.24) is 10.2 Å². The summed E-state index contributed by atoms with van der Waals surface area (Å²) >= 11 is 0. The lowest BCUT2D eigenvalue weighted by Crippen LogP contribution is -2.71. The summed E-state index contributed by atoms with van der Waals surface area (Å²) in [6.45, 7) is 6.71. The van der Waals surface area contributed by atoms with Crippen molar-refractivity contribution in [2.24, 2.45) is 5.92 Å². The number of ether oxygens (including phenoxy) is 1. The molecule has 0 spiro atoms. The van der Waals surface area contributed by atoms with Crippen LogP contribution in [0.4, 0.5) is 0 Å². The SMILES string of the molecule is CC1OCCC1(C)N1CC(=O)NC(C)(C2CC2)C1=O. The highest BCUT2D eigenvalue weighted by atomic mass is 16.5. The van der Waals surface area contributed by atoms with E-state index in [1.54, 1.807) is 4.90 Å². The van der Waals surface area contributed by atoms with Crippen molar-refractivity contribution >= 4 is 11.8 Å². The molecule has 5 nitrogen and oxygen atoms in total. The van der Waals surface area contributed by atoms with Crippen LogP contribution in [0.1, 0.15) is 40.0 Å². The van der Waals surface area contributed by atoms with Crippen molar-refractivity contribution in [2.45, 2.75) is 57.2 Å². The molecule has 2 saturated heterocycles. The summed E-state index contributed by atoms with van der Waals surface area (Å²) in [4.78, 5) is 26.7. The maximum Gasteiger partial charge on any atom is 0.249 e. The summed E-state index contributed by atoms with van der Waals surface area (Å²) in [6, 6.07) is 0. The number of carbonyl (C=O) groups is 2. The Morgan fingerprint density at radius 1 is 1.32 bits per heavy atom. The van der Waals surface area contributed by atoms with E-state index in [0.29, 0.717) is 12.5 Å². The number of rotatable bonds is 2. The Kier molecular flexibility index (Phi) is 2.68. The van der Waals surface area contributed by atoms with Gasteiger partial charge in [-0.2, -0.15) is 0 Å². The first-order valence-corrected chi connectivity index (χ1v) is 7.12. The second kappa shape index (κ2) is 3.95. The minimum absolute atomic E-state index is 0.0224. The van der Waals surface area contributed by atoms with Crippen molar-refractivity contribution in [3.8, 4) is 0 Å². The topological polar surface area (TPSA) is 58.6 Å². The van der Waals surface area contributed by atoms with Crippen molar-refractivity contribution in [3.63, 3.8) is 0 Å². The Labute approximate surface area is 113 Å². The zero-order chi connectivity index (χ0) is 13.8. The number of hydrogen-bond acceptors (Lipinski definition) is 3. The fourth-order valence-electron chi connectivity index (χ4n) is 3.41. The van der Waals surface area contributed by atoms with E-state index in [1.165, 1.54) is 0 Å². The monoisotopic (exact) mass is 266 g/mol. The number of amides is 2. The van der Waals surface area contributed by atoms with Crippen LogP contribution in [-0.4, -0.2) is 47.0 Å². The van der Waals surface area contributed by atoms with Gasteiger partial charge in [0.2, 0.25) is 11.8 Å². The molecule has 1 N–H and O–H groups in total. The van der Waals surface area contributed by atoms with Gasteiger partial charge in [-0.1, -0.05) is 0 Å². The van der Waals surface area contributed by atoms with Crippen LogP contribution < -0.4 is 5.32 Å². The molecule has 0 radical (unpaired) electrons. The molecule has 1 aliphatic carbocycles. The first-order valence-electron chi connectivity index (χ1n) is 7.12. The molecule has 2 amide bonds. The molecule has 3 unspecified atom stereocenters. The average molecular weight is 266 g/mol. The lowest BCUT2D eigenvalue weighted by Gasteiger charge is -2.48. The molecule has 3 atom stereocenters. The van der Waals surface area contributed by atoms with Crippen molar-refractivity contribution < 1.29 is 14.3 Å². The van der Waals surface area contributed by atoms with Crippen LogP contribution in [0.25, 0.3) is 0 Å². The minimum atomic E-state index is -0.708. The van der Waals surface area contributed by atoms with Gasteiger partial charge < -0.3 is 15.0 Å². The normalized spacial score (nSPS) is 43.5. The molecule has 3 fully saturated rings. The van der Waals surface area contributed by atoms with Crippen LogP contribution in [0.15, 0.2) is 0 Å². The fourth-order valence-corrected chi connectivity index (χ4v) is 3.41. The number of nitrogens with one attached hydrogen (secondary N) is 1. The largest absolute Gasteiger partial charge is 0.376 e. The molecule has 3 aliphatic rings. The minimum Gasteiger partial charge on any atom is -0.376 e. The van der Waals surface area contributed by atoms with Crippen molar-refractivity contribution in [2.75, 3.05) is 13.2 Å². The van der Waals surface area contributed by atoms with E-state index in [4.69, 9.17) is 4.74 Å². The number of carbonyl (C=O) groups excluding carboxylic acids is 2. The molecule has 2 aliphatic heterocycles. The van der Waals surface area contributed by atoms with Crippen LogP contribution >= 0.6 is 0 Å². The molecular weight excluding hydrogens is 244 g/mol. The number of hydrogen-bond donors (Lipinski definition) is 1. The maximum atomic E-state index is 12.9. The van der Waals surface area contributed by atoms with Gasteiger partial charge in [0.25, 0.3) is 0 Å². The van der Waals surface area contributed by atoms with E-state index in [1.807, 2.05) is 20.8 Å². The summed E-state index contributed by atoms with van der Waals surface area (Å²) in [6.07, 6.45) is 2.83. The van der Waals surface area contributed by atoms with Gasteiger partial charge in [-0.15, -0.1) is 0 Å². The third-order valence-corrected chi connectivity index (χ3v) is 5.25. The summed E-state index contributed by atoms with van der Waals surface area (Å²) < 4.78 is 5.62. The Morgan fingerprint density at radius 2 is 2.00 bits per heavy atom. The molecule has 0 bridgehead atoms. The third kappa shape index (κ3) is 1.78. The van der Waals surface area contributed by atoms with Crippen LogP contribution in [-0.2, 0) is 14.3 Å². The molecule has 5 heteroatoms. The van der Waals surface area contributed by atoms with Crippen LogP contribution in [0, 0.1) is 5.92 Å². The standard InChI is InChI=1S/C14H22N2O3/c1-9-13(2,6-7-19-9)16-8-11(17)15-14(3,12(16)18)10-4-5-10/h9-10H,4-8H2,1-3H3,(H,15,17). The summed E-state index contributed by atoms with van der Waals surface area (Å²) in [5, 5.41) is 2.92. The van der Waals surface area contributed by atoms with Gasteiger partial charge in [0.15, 0.2) is 0 Å². The van der Waals surface area contributed by atoms with Crippen LogP contribution in [0.3, 0.4) is 0 Å². The smallest absolute Gasteiger partial charge is 0.249 e. The molecule has 0 aromatic heterocycles. The van der Waals surface area contributed by atoms with Crippen LogP contribution in [0.2, 0.25) is 0 Å². The van der Waals surface area contributed by atoms with Gasteiger partial charge in [0.05, 0.1) is 11.6 Å². The summed E-state index contributed by atoms with van der Waals surface area (Å²) in [5.41, 5.74) is -1.06. The highest BCUT2D eigenvalue weighted by Gasteiger charge is 2.57. The van der Waals surface area contributed by atoms with Gasteiger partial charge in [-0.3, -0.25) is 9.59 Å². The summed E-state index contributed by atoms with van der Waals surface area (Å²) in [7, 11) is 0. The van der Waals surface area contributed by atoms with E-state index in [2.05, 4.69) is 5.32 Å². The second-order valence-corrected chi connectivity index (χ2v) is 6.54. The predicted octanol–water partition coefficient (Wildman–Crippen LogP) is 0.681. The molecule has 0 aromatic rings. The molecule has 106 valence electrons. The van der Waals surface area contributed by atoms with Gasteiger partial charge in [0.1, 0.15) is 12.1 Å². The molecule has 3 rings (SSSR count). The van der Waals surface area contributed by atoms with E-state index < -0.39 is 5.54 Å². The second-order valence-electron chi connectivity index (χ2n) is 6.54. The molecule has 0 aromatic carbocycles. The van der Waals surface area contributed by atoms with Crippen molar-refractivity contribution in [1.29, 1.82) is 0 Å². The van der Waals surface area contributed by atoms with Gasteiger partial charge >= 0.3 is 0 Å². The maximum absolute atomic E-state index is 12.9. The number of piperazine rings is 1.